The maximum Gasteiger partial charge on any atom is 0.416 e. The number of amides is 1. The van der Waals surface area contributed by atoms with E-state index >= 15 is 0 Å². The highest BCUT2D eigenvalue weighted by Crippen LogP contribution is 2.30. The van der Waals surface area contributed by atoms with Crippen molar-refractivity contribution in [2.45, 2.75) is 25.6 Å². The number of carbonyl (C=O) groups excluding carboxylic acids is 1. The number of hydrogen-bond donors (Lipinski definition) is 2. The summed E-state index contributed by atoms with van der Waals surface area (Å²) in [6.45, 7) is 2.69. The van der Waals surface area contributed by atoms with Gasteiger partial charge in [0.15, 0.2) is 0 Å². The molecule has 0 radical (unpaired) electrons. The van der Waals surface area contributed by atoms with E-state index in [0.29, 0.717) is 0 Å². The second kappa shape index (κ2) is 5.21. The zero-order valence-corrected chi connectivity index (χ0v) is 10.4. The zero-order chi connectivity index (χ0) is 14.0. The Morgan fingerprint density at radius 1 is 1.42 bits per heavy atom. The Kier molecular flexibility index (Phi) is 3.80. The van der Waals surface area contributed by atoms with Crippen LogP contribution in [0.4, 0.5) is 18.9 Å². The molecule has 1 fully saturated rings. The molecule has 0 spiro atoms. The van der Waals surface area contributed by atoms with Crippen molar-refractivity contribution >= 4 is 11.6 Å². The highest BCUT2D eigenvalue weighted by molar-refractivity contribution is 5.95. The fraction of sp³-hybridized carbons (Fsp3) is 0.462. The van der Waals surface area contributed by atoms with Gasteiger partial charge in [-0.3, -0.25) is 4.79 Å². The number of halogens is 3. The predicted octanol–water partition coefficient (Wildman–Crippen LogP) is 2.64. The second-order valence-corrected chi connectivity index (χ2v) is 4.77. The summed E-state index contributed by atoms with van der Waals surface area (Å²) in [5.74, 6) is -0.102. The van der Waals surface area contributed by atoms with Crippen LogP contribution >= 0.6 is 0 Å². The maximum absolute atomic E-state index is 12.5. The van der Waals surface area contributed by atoms with Crippen LogP contribution in [0.2, 0.25) is 0 Å². The molecule has 0 aromatic heterocycles. The van der Waals surface area contributed by atoms with E-state index < -0.39 is 11.7 Å². The lowest BCUT2D eigenvalue weighted by Crippen LogP contribution is -2.39. The van der Waals surface area contributed by atoms with E-state index in [-0.39, 0.29) is 23.6 Å². The highest BCUT2D eigenvalue weighted by atomic mass is 19.4. The summed E-state index contributed by atoms with van der Waals surface area (Å²) < 4.78 is 37.6. The summed E-state index contributed by atoms with van der Waals surface area (Å²) in [5, 5.41) is 5.56. The van der Waals surface area contributed by atoms with Gasteiger partial charge in [-0.15, -0.1) is 0 Å². The Labute approximate surface area is 109 Å². The van der Waals surface area contributed by atoms with E-state index in [1.54, 1.807) is 0 Å². The molecular weight excluding hydrogens is 257 g/mol. The van der Waals surface area contributed by atoms with Crippen molar-refractivity contribution in [2.75, 3.05) is 11.9 Å². The topological polar surface area (TPSA) is 41.1 Å². The highest BCUT2D eigenvalue weighted by Gasteiger charge is 2.32. The molecule has 0 saturated carbocycles. The molecule has 3 nitrogen and oxygen atoms in total. The average molecular weight is 272 g/mol. The number of nitrogens with one attached hydrogen (secondary N) is 2. The number of anilines is 1. The van der Waals surface area contributed by atoms with E-state index in [4.69, 9.17) is 0 Å². The number of alkyl halides is 3. The molecule has 1 aliphatic rings. The quantitative estimate of drug-likeness (QED) is 0.869. The summed E-state index contributed by atoms with van der Waals surface area (Å²) in [7, 11) is 0. The van der Waals surface area contributed by atoms with E-state index in [0.717, 1.165) is 25.1 Å². The SMILES string of the molecule is CC1CCNC1C(=O)Nc1cccc(C(F)(F)F)c1. The third kappa shape index (κ3) is 3.26. The number of rotatable bonds is 2. The molecule has 1 heterocycles. The van der Waals surface area contributed by atoms with E-state index in [9.17, 15) is 18.0 Å². The lowest BCUT2D eigenvalue weighted by molar-refractivity contribution is -0.137. The molecule has 104 valence electrons. The van der Waals surface area contributed by atoms with Gasteiger partial charge in [0.05, 0.1) is 11.6 Å². The first-order chi connectivity index (χ1) is 8.88. The summed E-state index contributed by atoms with van der Waals surface area (Å²) in [6, 6.07) is 4.31. The van der Waals surface area contributed by atoms with Gasteiger partial charge in [0.25, 0.3) is 0 Å². The van der Waals surface area contributed by atoms with Gasteiger partial charge in [0.2, 0.25) is 5.91 Å². The molecule has 1 amide bonds. The van der Waals surface area contributed by atoms with Gasteiger partial charge in [-0.1, -0.05) is 13.0 Å². The van der Waals surface area contributed by atoms with Gasteiger partial charge < -0.3 is 10.6 Å². The minimum Gasteiger partial charge on any atom is -0.325 e. The van der Waals surface area contributed by atoms with Gasteiger partial charge >= 0.3 is 6.18 Å². The van der Waals surface area contributed by atoms with E-state index in [1.165, 1.54) is 12.1 Å². The van der Waals surface area contributed by atoms with Gasteiger partial charge in [-0.25, -0.2) is 0 Å². The third-order valence-electron chi connectivity index (χ3n) is 3.27. The van der Waals surface area contributed by atoms with Crippen molar-refractivity contribution in [3.8, 4) is 0 Å². The molecule has 1 aromatic carbocycles. The fourth-order valence-electron chi connectivity index (χ4n) is 2.18. The molecule has 2 atom stereocenters. The Morgan fingerprint density at radius 2 is 2.16 bits per heavy atom. The molecule has 0 aliphatic carbocycles. The number of hydrogen-bond acceptors (Lipinski definition) is 2. The minimum atomic E-state index is -4.40. The van der Waals surface area contributed by atoms with Gasteiger partial charge in [0.1, 0.15) is 0 Å². The summed E-state index contributed by atoms with van der Waals surface area (Å²) >= 11 is 0. The van der Waals surface area contributed by atoms with Crippen LogP contribution in [0, 0.1) is 5.92 Å². The Hall–Kier alpha value is -1.56. The summed E-state index contributed by atoms with van der Waals surface area (Å²) in [6.07, 6.45) is -3.51. The Bertz CT molecular complexity index is 473. The molecule has 2 N–H and O–H groups in total. The van der Waals surface area contributed by atoms with Crippen molar-refractivity contribution < 1.29 is 18.0 Å². The third-order valence-corrected chi connectivity index (χ3v) is 3.27. The molecule has 1 saturated heterocycles. The van der Waals surface area contributed by atoms with Gasteiger partial charge in [-0.2, -0.15) is 13.2 Å². The number of carbonyl (C=O) groups is 1. The predicted molar refractivity (Wildman–Crippen MR) is 65.6 cm³/mol. The van der Waals surface area contributed by atoms with Crippen LogP contribution in [0.3, 0.4) is 0 Å². The first-order valence-corrected chi connectivity index (χ1v) is 6.09. The number of benzene rings is 1. The van der Waals surface area contributed by atoms with Gasteiger partial charge in [0, 0.05) is 5.69 Å². The lowest BCUT2D eigenvalue weighted by atomic mass is 10.0. The minimum absolute atomic E-state index is 0.167. The van der Waals surface area contributed by atoms with Crippen molar-refractivity contribution in [2.24, 2.45) is 5.92 Å². The van der Waals surface area contributed by atoms with Crippen LogP contribution in [0.25, 0.3) is 0 Å². The monoisotopic (exact) mass is 272 g/mol. The van der Waals surface area contributed by atoms with Crippen molar-refractivity contribution in [1.82, 2.24) is 5.32 Å². The molecule has 2 unspecified atom stereocenters. The maximum atomic E-state index is 12.5. The average Bonchev–Trinajstić information content (AvgIpc) is 2.75. The van der Waals surface area contributed by atoms with Crippen molar-refractivity contribution in [3.63, 3.8) is 0 Å². The van der Waals surface area contributed by atoms with Crippen molar-refractivity contribution in [3.05, 3.63) is 29.8 Å². The molecular formula is C13H15F3N2O. The summed E-state index contributed by atoms with van der Waals surface area (Å²) in [4.78, 5) is 11.9. The van der Waals surface area contributed by atoms with Crippen LogP contribution in [0.1, 0.15) is 18.9 Å². The van der Waals surface area contributed by atoms with Crippen LogP contribution in [0.5, 0.6) is 0 Å². The van der Waals surface area contributed by atoms with Crippen molar-refractivity contribution in [1.29, 1.82) is 0 Å². The van der Waals surface area contributed by atoms with E-state index in [1.807, 2.05) is 6.92 Å². The van der Waals surface area contributed by atoms with Crippen LogP contribution < -0.4 is 10.6 Å². The molecule has 1 aliphatic heterocycles. The Balaban J connectivity index is 2.09. The smallest absolute Gasteiger partial charge is 0.325 e. The zero-order valence-electron chi connectivity index (χ0n) is 10.4. The molecule has 6 heteroatoms. The van der Waals surface area contributed by atoms with Crippen LogP contribution in [-0.2, 0) is 11.0 Å². The largest absolute Gasteiger partial charge is 0.416 e. The fourth-order valence-corrected chi connectivity index (χ4v) is 2.18. The Morgan fingerprint density at radius 3 is 2.74 bits per heavy atom. The molecule has 19 heavy (non-hydrogen) atoms. The van der Waals surface area contributed by atoms with E-state index in [2.05, 4.69) is 10.6 Å². The summed E-state index contributed by atoms with van der Waals surface area (Å²) in [5.41, 5.74) is -0.599. The molecule has 0 bridgehead atoms. The first kappa shape index (κ1) is 13.9. The lowest BCUT2D eigenvalue weighted by Gasteiger charge is -2.16. The second-order valence-electron chi connectivity index (χ2n) is 4.77. The first-order valence-electron chi connectivity index (χ1n) is 6.09. The molecule has 2 rings (SSSR count). The standard InChI is InChI=1S/C13H15F3N2O/c1-8-5-6-17-11(8)12(19)18-10-4-2-3-9(7-10)13(14,15)16/h2-4,7-8,11,17H,5-6H2,1H3,(H,18,19). The van der Waals surface area contributed by atoms with Crippen LogP contribution in [-0.4, -0.2) is 18.5 Å². The molecule has 1 aromatic rings. The van der Waals surface area contributed by atoms with Gasteiger partial charge in [-0.05, 0) is 37.1 Å². The van der Waals surface area contributed by atoms with Crippen LogP contribution in [0.15, 0.2) is 24.3 Å². The normalized spacial score (nSPS) is 23.4.